The number of carboxylic acid groups (broad SMARTS) is 1. The van der Waals surface area contributed by atoms with Crippen molar-refractivity contribution in [3.05, 3.63) is 5.70 Å². The van der Waals surface area contributed by atoms with Gasteiger partial charge in [0.2, 0.25) is 5.70 Å². The normalized spacial score (nSPS) is 10.5. The Morgan fingerprint density at radius 1 is 1.46 bits per heavy atom. The molecule has 0 aromatic heterocycles. The SMILES string of the molecule is CN(OC(C)(C)C)C(=C=O)C(=O)O. The number of aliphatic carboxylic acids is 1. The van der Waals surface area contributed by atoms with E-state index < -0.39 is 17.3 Å². The first kappa shape index (κ1) is 11.7. The van der Waals surface area contributed by atoms with Gasteiger partial charge in [0.15, 0.2) is 5.94 Å². The molecule has 0 radical (unpaired) electrons. The molecular formula is C8H13NO4. The lowest BCUT2D eigenvalue weighted by Gasteiger charge is -2.26. The smallest absolute Gasteiger partial charge is 0.366 e. The topological polar surface area (TPSA) is 66.8 Å². The van der Waals surface area contributed by atoms with Gasteiger partial charge in [0.05, 0.1) is 5.60 Å². The number of carbonyl (C=O) groups is 1. The van der Waals surface area contributed by atoms with Crippen molar-refractivity contribution in [2.45, 2.75) is 26.4 Å². The van der Waals surface area contributed by atoms with Crippen LogP contribution in [0.2, 0.25) is 0 Å². The lowest BCUT2D eigenvalue weighted by molar-refractivity contribution is -0.196. The molecule has 0 aromatic carbocycles. The van der Waals surface area contributed by atoms with Gasteiger partial charge in [0, 0.05) is 7.05 Å². The molecule has 0 heterocycles. The van der Waals surface area contributed by atoms with Crippen LogP contribution in [-0.4, -0.2) is 34.7 Å². The van der Waals surface area contributed by atoms with Crippen molar-refractivity contribution in [1.29, 1.82) is 0 Å². The van der Waals surface area contributed by atoms with Crippen LogP contribution in [0.4, 0.5) is 0 Å². The van der Waals surface area contributed by atoms with Gasteiger partial charge in [-0.15, -0.1) is 0 Å². The summed E-state index contributed by atoms with van der Waals surface area (Å²) in [6, 6.07) is 0. The molecule has 0 amide bonds. The Morgan fingerprint density at radius 3 is 2.15 bits per heavy atom. The van der Waals surface area contributed by atoms with Crippen molar-refractivity contribution < 1.29 is 19.5 Å². The van der Waals surface area contributed by atoms with Crippen LogP contribution in [0.15, 0.2) is 5.70 Å². The molecule has 74 valence electrons. The Balaban J connectivity index is 4.51. The Morgan fingerprint density at radius 2 is 1.92 bits per heavy atom. The van der Waals surface area contributed by atoms with Gasteiger partial charge in [-0.3, -0.25) is 4.84 Å². The summed E-state index contributed by atoms with van der Waals surface area (Å²) in [5.41, 5.74) is -1.10. The lowest BCUT2D eigenvalue weighted by Crippen LogP contribution is -2.33. The fourth-order valence-electron chi connectivity index (χ4n) is 0.699. The zero-order valence-corrected chi connectivity index (χ0v) is 8.12. The number of likely N-dealkylation sites (N-methyl/N-ethyl adjacent to an activating group) is 1. The van der Waals surface area contributed by atoms with Crippen molar-refractivity contribution in [3.8, 4) is 0 Å². The number of hydrogen-bond donors (Lipinski definition) is 1. The number of hydroxylamine groups is 2. The molecule has 0 saturated carbocycles. The molecule has 0 aliphatic rings. The predicted octanol–water partition coefficient (Wildman–Crippen LogP) is 0.448. The van der Waals surface area contributed by atoms with Crippen molar-refractivity contribution in [2.75, 3.05) is 7.05 Å². The van der Waals surface area contributed by atoms with Crippen LogP contribution in [0.5, 0.6) is 0 Å². The van der Waals surface area contributed by atoms with E-state index in [0.717, 1.165) is 5.06 Å². The molecule has 0 spiro atoms. The number of carboxylic acids is 1. The molecule has 0 aliphatic heterocycles. The first-order valence-corrected chi connectivity index (χ1v) is 3.69. The van der Waals surface area contributed by atoms with E-state index in [0.29, 0.717) is 0 Å². The first-order chi connectivity index (χ1) is 5.78. The molecule has 13 heavy (non-hydrogen) atoms. The fraction of sp³-hybridized carbons (Fsp3) is 0.625. The quantitative estimate of drug-likeness (QED) is 0.394. The largest absolute Gasteiger partial charge is 0.476 e. The third-order valence-corrected chi connectivity index (χ3v) is 1.02. The van der Waals surface area contributed by atoms with Crippen molar-refractivity contribution in [1.82, 2.24) is 5.06 Å². The molecule has 5 nitrogen and oxygen atoms in total. The Hall–Kier alpha value is -1.32. The Kier molecular flexibility index (Phi) is 3.66. The molecular weight excluding hydrogens is 174 g/mol. The highest BCUT2D eigenvalue weighted by Crippen LogP contribution is 2.11. The van der Waals surface area contributed by atoms with E-state index in [9.17, 15) is 9.59 Å². The molecule has 0 saturated heterocycles. The average Bonchev–Trinajstić information content (AvgIpc) is 1.82. The van der Waals surface area contributed by atoms with E-state index in [4.69, 9.17) is 9.94 Å². The minimum Gasteiger partial charge on any atom is -0.476 e. The van der Waals surface area contributed by atoms with E-state index >= 15 is 0 Å². The average molecular weight is 187 g/mol. The van der Waals surface area contributed by atoms with Crippen molar-refractivity contribution >= 4 is 11.9 Å². The van der Waals surface area contributed by atoms with E-state index in [-0.39, 0.29) is 0 Å². The molecule has 0 atom stereocenters. The highest BCUT2D eigenvalue weighted by molar-refractivity contribution is 5.94. The van der Waals surface area contributed by atoms with Crippen molar-refractivity contribution in [3.63, 3.8) is 0 Å². The molecule has 0 aromatic rings. The van der Waals surface area contributed by atoms with Crippen LogP contribution >= 0.6 is 0 Å². The zero-order valence-electron chi connectivity index (χ0n) is 8.12. The molecule has 0 bridgehead atoms. The van der Waals surface area contributed by atoms with Crippen LogP contribution in [0, 0.1) is 0 Å². The van der Waals surface area contributed by atoms with Gasteiger partial charge in [0.25, 0.3) is 0 Å². The standard InChI is InChI=1S/C8H13NO4/c1-8(2,3)13-9(4)6(5-10)7(11)12/h1-4H3,(H,11,12). The van der Waals surface area contributed by atoms with Gasteiger partial charge in [0.1, 0.15) is 0 Å². The molecule has 0 rings (SSSR count). The van der Waals surface area contributed by atoms with Crippen LogP contribution in [0.1, 0.15) is 20.8 Å². The van der Waals surface area contributed by atoms with Crippen LogP contribution in [-0.2, 0) is 14.4 Å². The zero-order chi connectivity index (χ0) is 10.6. The van der Waals surface area contributed by atoms with E-state index in [1.165, 1.54) is 13.0 Å². The summed E-state index contributed by atoms with van der Waals surface area (Å²) in [7, 11) is 1.35. The summed E-state index contributed by atoms with van der Waals surface area (Å²) in [6.07, 6.45) is 0. The summed E-state index contributed by atoms with van der Waals surface area (Å²) in [5, 5.41) is 9.42. The van der Waals surface area contributed by atoms with Gasteiger partial charge in [-0.05, 0) is 20.8 Å². The predicted molar refractivity (Wildman–Crippen MR) is 45.4 cm³/mol. The Labute approximate surface area is 76.5 Å². The van der Waals surface area contributed by atoms with Gasteiger partial charge >= 0.3 is 5.97 Å². The third-order valence-electron chi connectivity index (χ3n) is 1.02. The Bertz CT molecular complexity index is 247. The van der Waals surface area contributed by atoms with Gasteiger partial charge < -0.3 is 5.11 Å². The summed E-state index contributed by atoms with van der Waals surface area (Å²) in [6.45, 7) is 5.23. The number of hydrogen-bond acceptors (Lipinski definition) is 4. The van der Waals surface area contributed by atoms with Crippen LogP contribution < -0.4 is 0 Å². The maximum atomic E-state index is 10.4. The van der Waals surface area contributed by atoms with Crippen LogP contribution in [0.25, 0.3) is 0 Å². The minimum absolute atomic E-state index is 0.546. The van der Waals surface area contributed by atoms with Crippen molar-refractivity contribution in [2.24, 2.45) is 0 Å². The maximum Gasteiger partial charge on any atom is 0.366 e. The second-order valence-corrected chi connectivity index (χ2v) is 3.46. The molecule has 0 fully saturated rings. The maximum absolute atomic E-state index is 10.4. The second-order valence-electron chi connectivity index (χ2n) is 3.46. The number of nitrogens with zero attached hydrogens (tertiary/aromatic N) is 1. The summed E-state index contributed by atoms with van der Waals surface area (Å²) in [5.74, 6) is -0.0676. The van der Waals surface area contributed by atoms with E-state index in [2.05, 4.69) is 0 Å². The van der Waals surface area contributed by atoms with Gasteiger partial charge in [-0.2, -0.15) is 0 Å². The third kappa shape index (κ3) is 4.30. The van der Waals surface area contributed by atoms with Gasteiger partial charge in [-0.1, -0.05) is 0 Å². The molecule has 5 heteroatoms. The minimum atomic E-state index is -1.36. The van der Waals surface area contributed by atoms with E-state index in [1.54, 1.807) is 20.8 Å². The first-order valence-electron chi connectivity index (χ1n) is 3.69. The van der Waals surface area contributed by atoms with Crippen LogP contribution in [0.3, 0.4) is 0 Å². The number of carbonyl (C=O) groups excluding carboxylic acids is 1. The number of rotatable bonds is 3. The molecule has 0 aliphatic carbocycles. The monoisotopic (exact) mass is 187 g/mol. The lowest BCUT2D eigenvalue weighted by atomic mass is 10.2. The molecule has 0 unspecified atom stereocenters. The summed E-state index contributed by atoms with van der Waals surface area (Å²) < 4.78 is 0. The highest BCUT2D eigenvalue weighted by Gasteiger charge is 2.21. The summed E-state index contributed by atoms with van der Waals surface area (Å²) >= 11 is 0. The van der Waals surface area contributed by atoms with E-state index in [1.807, 2.05) is 0 Å². The fourth-order valence-corrected chi connectivity index (χ4v) is 0.699. The summed E-state index contributed by atoms with van der Waals surface area (Å²) in [4.78, 5) is 25.8. The van der Waals surface area contributed by atoms with Gasteiger partial charge in [-0.25, -0.2) is 14.7 Å². The highest BCUT2D eigenvalue weighted by atomic mass is 16.7. The second kappa shape index (κ2) is 4.07. The molecule has 1 N–H and O–H groups in total.